The molecule has 0 saturated carbocycles. The number of benzene rings is 1. The first-order valence-electron chi connectivity index (χ1n) is 6.42. The number of aromatic nitrogens is 4. The molecule has 21 heavy (non-hydrogen) atoms. The van der Waals surface area contributed by atoms with Crippen LogP contribution >= 0.6 is 0 Å². The first-order chi connectivity index (χ1) is 10.2. The number of hydrazone groups is 1. The number of fused-ring (bicyclic) bond motifs is 1. The standard InChI is InChI=1S/C14H14N6O/c1-19-7-11(12-4-2-3-5-13(12)19)6-16-18-14(21)8-20-10-15-9-17-20/h2-7,9-10H,8H2,1H3,(H,18,21). The van der Waals surface area contributed by atoms with Gasteiger partial charge in [-0.25, -0.2) is 15.1 Å². The van der Waals surface area contributed by atoms with Crippen molar-refractivity contribution in [2.75, 3.05) is 0 Å². The van der Waals surface area contributed by atoms with Gasteiger partial charge in [0.2, 0.25) is 0 Å². The molecule has 2 aromatic heterocycles. The van der Waals surface area contributed by atoms with E-state index in [1.165, 1.54) is 17.3 Å². The Kier molecular flexibility index (Phi) is 3.46. The van der Waals surface area contributed by atoms with Crippen LogP contribution in [0.5, 0.6) is 0 Å². The molecular weight excluding hydrogens is 268 g/mol. The lowest BCUT2D eigenvalue weighted by atomic mass is 10.2. The third-order valence-corrected chi connectivity index (χ3v) is 3.09. The van der Waals surface area contributed by atoms with Gasteiger partial charge in [0.25, 0.3) is 5.91 Å². The molecule has 0 aliphatic heterocycles. The summed E-state index contributed by atoms with van der Waals surface area (Å²) in [6.45, 7) is 0.0902. The van der Waals surface area contributed by atoms with Gasteiger partial charge in [0.15, 0.2) is 0 Å². The Balaban J connectivity index is 1.69. The molecule has 1 aromatic carbocycles. The normalized spacial score (nSPS) is 11.3. The number of hydrogen-bond acceptors (Lipinski definition) is 4. The zero-order chi connectivity index (χ0) is 14.7. The predicted octanol–water partition coefficient (Wildman–Crippen LogP) is 0.920. The fraction of sp³-hybridized carbons (Fsp3) is 0.143. The van der Waals surface area contributed by atoms with Crippen LogP contribution < -0.4 is 5.43 Å². The highest BCUT2D eigenvalue weighted by Crippen LogP contribution is 2.18. The van der Waals surface area contributed by atoms with Crippen molar-refractivity contribution in [3.63, 3.8) is 0 Å². The van der Waals surface area contributed by atoms with E-state index in [1.807, 2.05) is 42.1 Å². The molecule has 0 atom stereocenters. The summed E-state index contributed by atoms with van der Waals surface area (Å²) < 4.78 is 3.46. The molecule has 3 rings (SSSR count). The number of amides is 1. The number of rotatable bonds is 4. The number of nitrogens with one attached hydrogen (secondary N) is 1. The van der Waals surface area contributed by atoms with Crippen LogP contribution in [0.1, 0.15) is 5.56 Å². The van der Waals surface area contributed by atoms with Gasteiger partial charge >= 0.3 is 0 Å². The lowest BCUT2D eigenvalue weighted by Gasteiger charge is -1.98. The molecule has 0 aliphatic carbocycles. The highest BCUT2D eigenvalue weighted by Gasteiger charge is 2.04. The Hall–Kier alpha value is -2.96. The first-order valence-corrected chi connectivity index (χ1v) is 6.42. The summed E-state index contributed by atoms with van der Waals surface area (Å²) in [7, 11) is 1.98. The molecule has 0 aliphatic rings. The van der Waals surface area contributed by atoms with Crippen LogP contribution in [-0.4, -0.2) is 31.5 Å². The summed E-state index contributed by atoms with van der Waals surface area (Å²) in [5.74, 6) is -0.253. The number of nitrogens with zero attached hydrogens (tertiary/aromatic N) is 5. The topological polar surface area (TPSA) is 77.1 Å². The number of para-hydroxylation sites is 1. The van der Waals surface area contributed by atoms with Gasteiger partial charge in [-0.3, -0.25) is 4.79 Å². The lowest BCUT2D eigenvalue weighted by molar-refractivity contribution is -0.121. The van der Waals surface area contributed by atoms with Gasteiger partial charge in [-0.15, -0.1) is 0 Å². The molecule has 0 spiro atoms. The Labute approximate surface area is 120 Å². The molecule has 7 heteroatoms. The Bertz CT molecular complexity index is 787. The Morgan fingerprint density at radius 1 is 1.43 bits per heavy atom. The van der Waals surface area contributed by atoms with E-state index in [1.54, 1.807) is 6.21 Å². The average molecular weight is 282 g/mol. The van der Waals surface area contributed by atoms with Crippen LogP contribution in [0, 0.1) is 0 Å². The summed E-state index contributed by atoms with van der Waals surface area (Å²) in [5, 5.41) is 8.93. The second-order valence-corrected chi connectivity index (χ2v) is 4.60. The highest BCUT2D eigenvalue weighted by molar-refractivity contribution is 5.99. The third kappa shape index (κ3) is 2.81. The zero-order valence-electron chi connectivity index (χ0n) is 11.5. The van der Waals surface area contributed by atoms with E-state index in [-0.39, 0.29) is 12.5 Å². The molecule has 0 unspecified atom stereocenters. The van der Waals surface area contributed by atoms with Crippen LogP contribution in [0.4, 0.5) is 0 Å². The van der Waals surface area contributed by atoms with Crippen LogP contribution in [-0.2, 0) is 18.4 Å². The summed E-state index contributed by atoms with van der Waals surface area (Å²) in [6, 6.07) is 8.02. The SMILES string of the molecule is Cn1cc(C=NNC(=O)Cn2cncn2)c2ccccc21. The fourth-order valence-electron chi connectivity index (χ4n) is 2.15. The van der Waals surface area contributed by atoms with Crippen molar-refractivity contribution in [2.24, 2.45) is 12.1 Å². The van der Waals surface area contributed by atoms with E-state index < -0.39 is 0 Å². The van der Waals surface area contributed by atoms with E-state index >= 15 is 0 Å². The van der Waals surface area contributed by atoms with Gasteiger partial charge in [-0.2, -0.15) is 10.2 Å². The molecule has 0 bridgehead atoms. The lowest BCUT2D eigenvalue weighted by Crippen LogP contribution is -2.23. The summed E-state index contributed by atoms with van der Waals surface area (Å²) in [4.78, 5) is 15.4. The summed E-state index contributed by atoms with van der Waals surface area (Å²) in [5.41, 5.74) is 4.55. The van der Waals surface area contributed by atoms with Crippen molar-refractivity contribution in [3.05, 3.63) is 48.7 Å². The van der Waals surface area contributed by atoms with Gasteiger partial charge in [0.1, 0.15) is 19.2 Å². The van der Waals surface area contributed by atoms with Crippen molar-refractivity contribution in [3.8, 4) is 0 Å². The maximum absolute atomic E-state index is 11.7. The molecule has 1 amide bonds. The van der Waals surface area contributed by atoms with Crippen LogP contribution in [0.25, 0.3) is 10.9 Å². The zero-order valence-corrected chi connectivity index (χ0v) is 11.5. The monoisotopic (exact) mass is 282 g/mol. The molecule has 7 nitrogen and oxygen atoms in total. The smallest absolute Gasteiger partial charge is 0.261 e. The minimum Gasteiger partial charge on any atom is -0.350 e. The second kappa shape index (κ2) is 5.58. The van der Waals surface area contributed by atoms with E-state index in [0.717, 1.165) is 16.5 Å². The molecule has 0 fully saturated rings. The molecule has 2 heterocycles. The summed E-state index contributed by atoms with van der Waals surface area (Å²) in [6.07, 6.45) is 6.47. The van der Waals surface area contributed by atoms with E-state index in [2.05, 4.69) is 20.6 Å². The van der Waals surface area contributed by atoms with Crippen molar-refractivity contribution in [1.82, 2.24) is 24.8 Å². The molecule has 3 aromatic rings. The van der Waals surface area contributed by atoms with Crippen LogP contribution in [0.2, 0.25) is 0 Å². The van der Waals surface area contributed by atoms with Gasteiger partial charge in [-0.1, -0.05) is 18.2 Å². The maximum Gasteiger partial charge on any atom is 0.261 e. The van der Waals surface area contributed by atoms with Gasteiger partial charge in [0.05, 0.1) is 6.21 Å². The quantitative estimate of drug-likeness (QED) is 0.571. The van der Waals surface area contributed by atoms with Crippen molar-refractivity contribution >= 4 is 23.0 Å². The average Bonchev–Trinajstić information content (AvgIpc) is 3.09. The molecular formula is C14H14N6O. The first kappa shape index (κ1) is 13.0. The predicted molar refractivity (Wildman–Crippen MR) is 78.7 cm³/mol. The maximum atomic E-state index is 11.7. The van der Waals surface area contributed by atoms with Crippen LogP contribution in [0.15, 0.2) is 48.2 Å². The van der Waals surface area contributed by atoms with Gasteiger partial charge in [0, 0.05) is 29.7 Å². The fourth-order valence-corrected chi connectivity index (χ4v) is 2.15. The molecule has 1 N–H and O–H groups in total. The number of carbonyl (C=O) groups is 1. The Morgan fingerprint density at radius 3 is 3.10 bits per heavy atom. The second-order valence-electron chi connectivity index (χ2n) is 4.60. The molecule has 106 valence electrons. The van der Waals surface area contributed by atoms with Crippen molar-refractivity contribution < 1.29 is 4.79 Å². The van der Waals surface area contributed by atoms with E-state index in [4.69, 9.17) is 0 Å². The van der Waals surface area contributed by atoms with E-state index in [0.29, 0.717) is 0 Å². The van der Waals surface area contributed by atoms with E-state index in [9.17, 15) is 4.79 Å². The highest BCUT2D eigenvalue weighted by atomic mass is 16.2. The van der Waals surface area contributed by atoms with Gasteiger partial charge < -0.3 is 4.57 Å². The van der Waals surface area contributed by atoms with Crippen molar-refractivity contribution in [1.29, 1.82) is 0 Å². The largest absolute Gasteiger partial charge is 0.350 e. The molecule has 0 saturated heterocycles. The summed E-state index contributed by atoms with van der Waals surface area (Å²) >= 11 is 0. The third-order valence-electron chi connectivity index (χ3n) is 3.09. The minimum absolute atomic E-state index is 0.0902. The number of aryl methyl sites for hydroxylation is 1. The van der Waals surface area contributed by atoms with Crippen molar-refractivity contribution in [2.45, 2.75) is 6.54 Å². The number of carbonyl (C=O) groups excluding carboxylic acids is 1. The van der Waals surface area contributed by atoms with Crippen LogP contribution in [0.3, 0.4) is 0 Å². The minimum atomic E-state index is -0.253. The van der Waals surface area contributed by atoms with Gasteiger partial charge in [-0.05, 0) is 6.07 Å². The number of hydrogen-bond donors (Lipinski definition) is 1. The Morgan fingerprint density at radius 2 is 2.29 bits per heavy atom. The molecule has 0 radical (unpaired) electrons.